The van der Waals surface area contributed by atoms with E-state index in [0.717, 1.165) is 43.5 Å². The quantitative estimate of drug-likeness (QED) is 0.180. The first-order valence-corrected chi connectivity index (χ1v) is 10.1. The smallest absolute Gasteiger partial charge is 0.311 e. The fourth-order valence-corrected chi connectivity index (χ4v) is 2.86. The zero-order valence-corrected chi connectivity index (χ0v) is 16.9. The minimum atomic E-state index is -0.361. The third-order valence-electron chi connectivity index (χ3n) is 3.91. The van der Waals surface area contributed by atoms with Gasteiger partial charge in [0.25, 0.3) is 0 Å². The highest BCUT2D eigenvalue weighted by molar-refractivity contribution is 6.30. The molecule has 146 valence electrons. The Morgan fingerprint density at radius 1 is 0.923 bits per heavy atom. The van der Waals surface area contributed by atoms with E-state index in [1.165, 1.54) is 6.42 Å². The number of carbonyl (C=O) groups is 2. The summed E-state index contributed by atoms with van der Waals surface area (Å²) in [5.74, 6) is 0.598. The molecule has 0 aliphatic heterocycles. The van der Waals surface area contributed by atoms with E-state index >= 15 is 0 Å². The van der Waals surface area contributed by atoms with E-state index in [1.807, 2.05) is 6.92 Å². The lowest BCUT2D eigenvalue weighted by Gasteiger charge is -2.08. The van der Waals surface area contributed by atoms with Gasteiger partial charge in [-0.1, -0.05) is 37.3 Å². The van der Waals surface area contributed by atoms with Crippen LogP contribution in [0.5, 0.6) is 5.75 Å². The molecule has 0 aromatic heterocycles. The number of ether oxygens (including phenoxy) is 2. The Labute approximate surface area is 166 Å². The van der Waals surface area contributed by atoms with Gasteiger partial charge in [0, 0.05) is 23.7 Å². The molecule has 1 rings (SSSR count). The average Bonchev–Trinajstić information content (AvgIpc) is 2.60. The predicted octanol–water partition coefficient (Wildman–Crippen LogP) is 5.85. The Bertz CT molecular complexity index is 561. The fourth-order valence-electron chi connectivity index (χ4n) is 2.44. The number of alkyl halides is 1. The lowest BCUT2D eigenvalue weighted by Crippen LogP contribution is -2.11. The standard InChI is InChI=1S/C20H28Cl2O4/c1-16-15-17(22)11-12-18(16)26-20(24)10-8-9-19(23)25-14-7-5-3-2-4-6-13-21/h11-12,15H,2-10,13-14H2,1H3. The van der Waals surface area contributed by atoms with Crippen LogP contribution in [-0.4, -0.2) is 24.4 Å². The SMILES string of the molecule is Cc1cc(Cl)ccc1OC(=O)CCCC(=O)OCCCCCCCCCl. The minimum Gasteiger partial charge on any atom is -0.466 e. The van der Waals surface area contributed by atoms with Crippen molar-refractivity contribution in [2.24, 2.45) is 0 Å². The van der Waals surface area contributed by atoms with Crippen LogP contribution in [0.15, 0.2) is 18.2 Å². The Morgan fingerprint density at radius 2 is 1.58 bits per heavy atom. The normalized spacial score (nSPS) is 10.6. The van der Waals surface area contributed by atoms with Crippen LogP contribution in [0.25, 0.3) is 0 Å². The molecular weight excluding hydrogens is 375 g/mol. The zero-order chi connectivity index (χ0) is 19.2. The van der Waals surface area contributed by atoms with Crippen molar-refractivity contribution in [1.82, 2.24) is 0 Å². The number of unbranched alkanes of at least 4 members (excludes halogenated alkanes) is 5. The second-order valence-electron chi connectivity index (χ2n) is 6.27. The predicted molar refractivity (Wildman–Crippen MR) is 105 cm³/mol. The van der Waals surface area contributed by atoms with Gasteiger partial charge in [0.05, 0.1) is 6.61 Å². The number of hydrogen-bond acceptors (Lipinski definition) is 4. The molecule has 0 atom stereocenters. The molecule has 0 saturated heterocycles. The van der Waals surface area contributed by atoms with Gasteiger partial charge in [0.2, 0.25) is 0 Å². The second kappa shape index (κ2) is 13.9. The average molecular weight is 403 g/mol. The van der Waals surface area contributed by atoms with E-state index in [4.69, 9.17) is 32.7 Å². The van der Waals surface area contributed by atoms with Crippen molar-refractivity contribution >= 4 is 35.1 Å². The maximum atomic E-state index is 11.8. The van der Waals surface area contributed by atoms with Crippen LogP contribution in [-0.2, 0) is 14.3 Å². The molecule has 1 aromatic carbocycles. The second-order valence-corrected chi connectivity index (χ2v) is 7.08. The first kappa shape index (κ1) is 22.8. The van der Waals surface area contributed by atoms with Crippen molar-refractivity contribution in [2.45, 2.75) is 64.7 Å². The van der Waals surface area contributed by atoms with Crippen molar-refractivity contribution < 1.29 is 19.1 Å². The van der Waals surface area contributed by atoms with Gasteiger partial charge < -0.3 is 9.47 Å². The number of esters is 2. The first-order valence-electron chi connectivity index (χ1n) is 9.21. The zero-order valence-electron chi connectivity index (χ0n) is 15.4. The van der Waals surface area contributed by atoms with E-state index in [1.54, 1.807) is 18.2 Å². The van der Waals surface area contributed by atoms with E-state index in [-0.39, 0.29) is 24.8 Å². The van der Waals surface area contributed by atoms with Crippen LogP contribution in [0, 0.1) is 6.92 Å². The lowest BCUT2D eigenvalue weighted by molar-refractivity contribution is -0.144. The molecule has 26 heavy (non-hydrogen) atoms. The third kappa shape index (κ3) is 10.7. The van der Waals surface area contributed by atoms with Crippen molar-refractivity contribution in [2.75, 3.05) is 12.5 Å². The molecule has 0 fully saturated rings. The van der Waals surface area contributed by atoms with E-state index < -0.39 is 0 Å². The van der Waals surface area contributed by atoms with Crippen molar-refractivity contribution in [1.29, 1.82) is 0 Å². The molecule has 4 nitrogen and oxygen atoms in total. The summed E-state index contributed by atoms with van der Waals surface area (Å²) in [6.45, 7) is 2.27. The molecule has 0 amide bonds. The Morgan fingerprint density at radius 3 is 2.27 bits per heavy atom. The fraction of sp³-hybridized carbons (Fsp3) is 0.600. The van der Waals surface area contributed by atoms with Gasteiger partial charge in [-0.3, -0.25) is 9.59 Å². The summed E-state index contributed by atoms with van der Waals surface area (Å²) >= 11 is 11.5. The maximum absolute atomic E-state index is 11.8. The van der Waals surface area contributed by atoms with E-state index in [2.05, 4.69) is 0 Å². The highest BCUT2D eigenvalue weighted by Gasteiger charge is 2.10. The number of rotatable bonds is 13. The van der Waals surface area contributed by atoms with Crippen LogP contribution in [0.1, 0.15) is 63.4 Å². The molecule has 0 N–H and O–H groups in total. The van der Waals surface area contributed by atoms with Gasteiger partial charge in [0.1, 0.15) is 5.75 Å². The van der Waals surface area contributed by atoms with Gasteiger partial charge in [-0.2, -0.15) is 0 Å². The Hall–Kier alpha value is -1.26. The van der Waals surface area contributed by atoms with Crippen molar-refractivity contribution in [3.05, 3.63) is 28.8 Å². The Kier molecular flexibility index (Phi) is 12.2. The summed E-state index contributed by atoms with van der Waals surface area (Å²) in [6.07, 6.45) is 7.31. The molecule has 6 heteroatoms. The Balaban J connectivity index is 2.05. The number of halogens is 2. The van der Waals surface area contributed by atoms with Crippen LogP contribution < -0.4 is 4.74 Å². The lowest BCUT2D eigenvalue weighted by atomic mass is 10.1. The molecule has 0 aliphatic rings. The van der Waals surface area contributed by atoms with Crippen LogP contribution >= 0.6 is 23.2 Å². The van der Waals surface area contributed by atoms with Crippen LogP contribution in [0.2, 0.25) is 5.02 Å². The molecule has 0 heterocycles. The first-order chi connectivity index (χ1) is 12.5. The van der Waals surface area contributed by atoms with Gasteiger partial charge in [-0.05, 0) is 49.9 Å². The summed E-state index contributed by atoms with van der Waals surface area (Å²) in [4.78, 5) is 23.5. The van der Waals surface area contributed by atoms with E-state index in [0.29, 0.717) is 23.8 Å². The molecule has 0 bridgehead atoms. The van der Waals surface area contributed by atoms with Gasteiger partial charge >= 0.3 is 11.9 Å². The molecule has 0 radical (unpaired) electrons. The summed E-state index contributed by atoms with van der Waals surface area (Å²) < 4.78 is 10.5. The number of aryl methyl sites for hydroxylation is 1. The molecular formula is C20H28Cl2O4. The highest BCUT2D eigenvalue weighted by Crippen LogP contribution is 2.22. The van der Waals surface area contributed by atoms with Gasteiger partial charge in [-0.15, -0.1) is 11.6 Å². The van der Waals surface area contributed by atoms with E-state index in [9.17, 15) is 9.59 Å². The van der Waals surface area contributed by atoms with Crippen molar-refractivity contribution in [3.63, 3.8) is 0 Å². The summed E-state index contributed by atoms with van der Waals surface area (Å²) in [7, 11) is 0. The largest absolute Gasteiger partial charge is 0.466 e. The third-order valence-corrected chi connectivity index (χ3v) is 4.42. The molecule has 0 unspecified atom stereocenters. The highest BCUT2D eigenvalue weighted by atomic mass is 35.5. The monoisotopic (exact) mass is 402 g/mol. The van der Waals surface area contributed by atoms with Gasteiger partial charge in [0.15, 0.2) is 0 Å². The summed E-state index contributed by atoms with van der Waals surface area (Å²) in [6, 6.07) is 5.07. The van der Waals surface area contributed by atoms with Gasteiger partial charge in [-0.25, -0.2) is 0 Å². The molecule has 0 aliphatic carbocycles. The summed E-state index contributed by atoms with van der Waals surface area (Å²) in [5, 5.41) is 0.598. The van der Waals surface area contributed by atoms with Crippen LogP contribution in [0.4, 0.5) is 0 Å². The number of hydrogen-bond donors (Lipinski definition) is 0. The molecule has 0 spiro atoms. The van der Waals surface area contributed by atoms with Crippen LogP contribution in [0.3, 0.4) is 0 Å². The summed E-state index contributed by atoms with van der Waals surface area (Å²) in [5.41, 5.74) is 0.799. The number of benzene rings is 1. The molecule has 0 saturated carbocycles. The molecule has 1 aromatic rings. The number of carbonyl (C=O) groups excluding carboxylic acids is 2. The topological polar surface area (TPSA) is 52.6 Å². The maximum Gasteiger partial charge on any atom is 0.311 e. The van der Waals surface area contributed by atoms with Crippen molar-refractivity contribution in [3.8, 4) is 5.75 Å². The minimum absolute atomic E-state index is 0.178.